The summed E-state index contributed by atoms with van der Waals surface area (Å²) in [5, 5.41) is 15.4. The zero-order valence-electron chi connectivity index (χ0n) is 16.3. The molecule has 2 aromatic heterocycles. The van der Waals surface area contributed by atoms with Crippen LogP contribution in [0.4, 0.5) is 11.5 Å². The lowest BCUT2D eigenvalue weighted by Crippen LogP contribution is -2.36. The Balaban J connectivity index is 1.52. The molecule has 1 saturated carbocycles. The van der Waals surface area contributed by atoms with E-state index in [9.17, 15) is 9.59 Å². The molecular weight excluding hydrogens is 380 g/mol. The Hall–Kier alpha value is -3.99. The summed E-state index contributed by atoms with van der Waals surface area (Å²) in [4.78, 5) is 32.6. The van der Waals surface area contributed by atoms with Crippen molar-refractivity contribution in [2.75, 3.05) is 17.6 Å². The number of nitriles is 1. The van der Waals surface area contributed by atoms with Crippen molar-refractivity contribution in [3.05, 3.63) is 48.4 Å². The van der Waals surface area contributed by atoms with Crippen molar-refractivity contribution < 1.29 is 9.59 Å². The lowest BCUT2D eigenvalue weighted by molar-refractivity contribution is -0.136. The number of hydrogen-bond acceptors (Lipinski definition) is 6. The van der Waals surface area contributed by atoms with Crippen LogP contribution >= 0.6 is 0 Å². The van der Waals surface area contributed by atoms with Gasteiger partial charge in [0.1, 0.15) is 5.82 Å². The average molecular weight is 400 g/mol. The maximum atomic E-state index is 12.2. The lowest BCUT2D eigenvalue weighted by atomic mass is 9.99. The summed E-state index contributed by atoms with van der Waals surface area (Å²) in [6.45, 7) is 2.31. The summed E-state index contributed by atoms with van der Waals surface area (Å²) in [5.41, 5.74) is 9.70. The Labute approximate surface area is 173 Å². The lowest BCUT2D eigenvalue weighted by Gasteiger charge is -2.11. The van der Waals surface area contributed by atoms with Gasteiger partial charge in [0, 0.05) is 41.8 Å². The average Bonchev–Trinajstić information content (AvgIpc) is 3.50. The number of aromatic nitrogens is 2. The largest absolute Gasteiger partial charge is 0.398 e. The monoisotopic (exact) mass is 400 g/mol. The molecule has 1 aliphatic rings. The van der Waals surface area contributed by atoms with E-state index in [1.165, 1.54) is 0 Å². The van der Waals surface area contributed by atoms with Gasteiger partial charge >= 0.3 is 11.8 Å². The van der Waals surface area contributed by atoms with Crippen molar-refractivity contribution in [3.8, 4) is 17.2 Å². The van der Waals surface area contributed by atoms with Crippen LogP contribution < -0.4 is 16.4 Å². The van der Waals surface area contributed by atoms with Crippen LogP contribution in [0.5, 0.6) is 0 Å². The van der Waals surface area contributed by atoms with Gasteiger partial charge in [0.25, 0.3) is 0 Å². The second-order valence-corrected chi connectivity index (χ2v) is 7.44. The summed E-state index contributed by atoms with van der Waals surface area (Å²) in [7, 11) is 0. The number of benzene rings is 1. The Bertz CT molecular complexity index is 1200. The zero-order chi connectivity index (χ0) is 21.3. The van der Waals surface area contributed by atoms with E-state index in [1.807, 2.05) is 25.1 Å². The summed E-state index contributed by atoms with van der Waals surface area (Å²) < 4.78 is 0. The van der Waals surface area contributed by atoms with Gasteiger partial charge in [-0.2, -0.15) is 5.26 Å². The molecule has 0 aliphatic heterocycles. The number of carbonyl (C=O) groups is 2. The third-order valence-corrected chi connectivity index (χ3v) is 5.28. The van der Waals surface area contributed by atoms with E-state index >= 15 is 0 Å². The predicted octanol–water partition coefficient (Wildman–Crippen LogP) is 2.40. The highest BCUT2D eigenvalue weighted by atomic mass is 16.2. The number of nitrogens with one attached hydrogen (secondary N) is 2. The van der Waals surface area contributed by atoms with Gasteiger partial charge in [0.15, 0.2) is 0 Å². The quantitative estimate of drug-likeness (QED) is 0.455. The fourth-order valence-electron chi connectivity index (χ4n) is 3.38. The molecule has 1 aliphatic carbocycles. The minimum atomic E-state index is -0.803. The fourth-order valence-corrected chi connectivity index (χ4v) is 3.38. The number of fused-ring (bicyclic) bond motifs is 1. The number of amides is 2. The third-order valence-electron chi connectivity index (χ3n) is 5.28. The van der Waals surface area contributed by atoms with Crippen molar-refractivity contribution in [3.63, 3.8) is 0 Å². The summed E-state index contributed by atoms with van der Waals surface area (Å²) in [6.07, 6.45) is 5.83. The Morgan fingerprint density at radius 2 is 2.10 bits per heavy atom. The van der Waals surface area contributed by atoms with Crippen LogP contribution in [-0.2, 0) is 9.59 Å². The number of aryl methyl sites for hydroxylation is 1. The van der Waals surface area contributed by atoms with Crippen molar-refractivity contribution in [1.29, 1.82) is 5.26 Å². The topological polar surface area (TPSA) is 134 Å². The van der Waals surface area contributed by atoms with Gasteiger partial charge in [-0.3, -0.25) is 14.6 Å². The Kier molecular flexibility index (Phi) is 5.02. The normalized spacial score (nSPS) is 17.2. The Morgan fingerprint density at radius 1 is 1.27 bits per heavy atom. The van der Waals surface area contributed by atoms with Crippen LogP contribution in [-0.4, -0.2) is 28.3 Å². The van der Waals surface area contributed by atoms with Gasteiger partial charge in [-0.25, -0.2) is 4.98 Å². The fraction of sp³-hybridized carbons (Fsp3) is 0.227. The summed E-state index contributed by atoms with van der Waals surface area (Å²) in [5.74, 6) is -1.20. The van der Waals surface area contributed by atoms with E-state index in [0.29, 0.717) is 12.2 Å². The smallest absolute Gasteiger partial charge is 0.314 e. The first kappa shape index (κ1) is 19.3. The Morgan fingerprint density at radius 3 is 2.83 bits per heavy atom. The van der Waals surface area contributed by atoms with Crippen molar-refractivity contribution >= 4 is 34.1 Å². The number of carbonyl (C=O) groups excluding carboxylic acids is 2. The molecule has 4 rings (SSSR count). The van der Waals surface area contributed by atoms with Crippen molar-refractivity contribution in [2.24, 2.45) is 11.8 Å². The molecule has 30 heavy (non-hydrogen) atoms. The first-order valence-electron chi connectivity index (χ1n) is 9.55. The molecule has 0 saturated heterocycles. The second-order valence-electron chi connectivity index (χ2n) is 7.44. The van der Waals surface area contributed by atoms with Crippen LogP contribution in [0.15, 0.2) is 42.9 Å². The first-order valence-corrected chi connectivity index (χ1v) is 9.55. The van der Waals surface area contributed by atoms with Gasteiger partial charge < -0.3 is 16.4 Å². The summed E-state index contributed by atoms with van der Waals surface area (Å²) >= 11 is 0. The minimum absolute atomic E-state index is 0.0291. The molecule has 1 aromatic carbocycles. The van der Waals surface area contributed by atoms with Gasteiger partial charge in [0.2, 0.25) is 0 Å². The minimum Gasteiger partial charge on any atom is -0.398 e. The van der Waals surface area contributed by atoms with Gasteiger partial charge in [-0.1, -0.05) is 0 Å². The van der Waals surface area contributed by atoms with Crippen LogP contribution in [0.2, 0.25) is 0 Å². The first-order chi connectivity index (χ1) is 14.5. The maximum Gasteiger partial charge on any atom is 0.314 e. The third kappa shape index (κ3) is 3.91. The van der Waals surface area contributed by atoms with Gasteiger partial charge in [-0.05, 0) is 60.0 Å². The van der Waals surface area contributed by atoms with E-state index in [0.717, 1.165) is 33.9 Å². The van der Waals surface area contributed by atoms with Gasteiger partial charge in [-0.15, -0.1) is 0 Å². The highest BCUT2D eigenvalue weighted by Crippen LogP contribution is 2.36. The van der Waals surface area contributed by atoms with Crippen molar-refractivity contribution in [1.82, 2.24) is 15.3 Å². The maximum absolute atomic E-state index is 12.2. The number of hydrogen-bond donors (Lipinski definition) is 3. The number of pyridine rings is 2. The van der Waals surface area contributed by atoms with Crippen LogP contribution in [0, 0.1) is 30.1 Å². The molecule has 1 fully saturated rings. The molecule has 2 heterocycles. The van der Waals surface area contributed by atoms with Crippen LogP contribution in [0.3, 0.4) is 0 Å². The molecule has 0 radical (unpaired) electrons. The highest BCUT2D eigenvalue weighted by Gasteiger charge is 2.37. The number of nitrogen functional groups attached to an aromatic ring is 1. The van der Waals surface area contributed by atoms with Gasteiger partial charge in [0.05, 0.1) is 12.0 Å². The molecule has 8 nitrogen and oxygen atoms in total. The van der Waals surface area contributed by atoms with E-state index in [-0.39, 0.29) is 17.7 Å². The van der Waals surface area contributed by atoms with E-state index in [1.54, 1.807) is 24.7 Å². The predicted molar refractivity (Wildman–Crippen MR) is 113 cm³/mol. The van der Waals surface area contributed by atoms with E-state index in [4.69, 9.17) is 11.0 Å². The molecule has 2 atom stereocenters. The number of nitrogens with two attached hydrogens (primary N) is 1. The number of anilines is 2. The molecule has 3 aromatic rings. The van der Waals surface area contributed by atoms with Crippen LogP contribution in [0.25, 0.3) is 21.9 Å². The molecule has 0 bridgehead atoms. The molecule has 150 valence electrons. The molecule has 8 heteroatoms. The molecular formula is C22H20N6O2. The summed E-state index contributed by atoms with van der Waals surface area (Å²) in [6, 6.07) is 9.56. The van der Waals surface area contributed by atoms with E-state index < -0.39 is 11.8 Å². The highest BCUT2D eigenvalue weighted by molar-refractivity contribution is 6.39. The number of nitrogens with zero attached hydrogens (tertiary/aromatic N) is 3. The van der Waals surface area contributed by atoms with Crippen molar-refractivity contribution in [2.45, 2.75) is 13.3 Å². The second kappa shape index (κ2) is 7.79. The number of rotatable bonds is 4. The SMILES string of the molecule is Cc1ccncc1-c1cc(N)c2cnc(NC(=O)C(=O)NC[C@H]3CC3C#N)cc2c1. The molecule has 0 spiro atoms. The van der Waals surface area contributed by atoms with Crippen LogP contribution in [0.1, 0.15) is 12.0 Å². The van der Waals surface area contributed by atoms with E-state index in [2.05, 4.69) is 26.7 Å². The molecule has 2 amide bonds. The standard InChI is InChI=1S/C22H20N6O2/c1-12-2-3-25-10-17(12)13-4-14-7-20(26-11-18(14)19(24)6-13)28-22(30)21(29)27-9-16-5-15(16)8-23/h2-4,6-7,10-11,15-16H,5,9,24H2,1H3,(H,27,29)(H,26,28,30)/t15?,16-/m1/s1. The molecule has 1 unspecified atom stereocenters. The molecule has 4 N–H and O–H groups in total. The zero-order valence-corrected chi connectivity index (χ0v) is 16.3.